The molecule has 9 nitrogen and oxygen atoms in total. The summed E-state index contributed by atoms with van der Waals surface area (Å²) in [6.07, 6.45) is 1.21. The molecule has 0 saturated carbocycles. The van der Waals surface area contributed by atoms with Crippen LogP contribution < -0.4 is 5.32 Å². The fraction of sp³-hybridized carbons (Fsp3) is 0. The summed E-state index contributed by atoms with van der Waals surface area (Å²) in [4.78, 5) is 30.0. The van der Waals surface area contributed by atoms with E-state index in [0.717, 1.165) is 16.7 Å². The normalized spacial score (nSPS) is 10.3. The highest BCUT2D eigenvalue weighted by Gasteiger charge is 2.24. The molecule has 10 heteroatoms. The summed E-state index contributed by atoms with van der Waals surface area (Å²) in [6, 6.07) is 14.7. The third kappa shape index (κ3) is 3.92. The second-order valence-corrected chi connectivity index (χ2v) is 6.04. The molecule has 0 aliphatic rings. The average molecular weight is 369 g/mol. The third-order valence-corrected chi connectivity index (χ3v) is 4.25. The molecule has 130 valence electrons. The molecule has 0 saturated heterocycles. The molecular formula is C16H11N5O4S. The molecule has 3 aromatic rings. The fourth-order valence-electron chi connectivity index (χ4n) is 2.13. The van der Waals surface area contributed by atoms with Crippen molar-refractivity contribution in [3.05, 3.63) is 81.2 Å². The van der Waals surface area contributed by atoms with Gasteiger partial charge in [0.1, 0.15) is 6.33 Å². The van der Waals surface area contributed by atoms with E-state index < -0.39 is 9.85 Å². The molecule has 26 heavy (non-hydrogen) atoms. The summed E-state index contributed by atoms with van der Waals surface area (Å²) in [7, 11) is 0. The second kappa shape index (κ2) is 7.57. The van der Waals surface area contributed by atoms with Gasteiger partial charge >= 0.3 is 5.69 Å². The van der Waals surface area contributed by atoms with Crippen LogP contribution in [-0.4, -0.2) is 19.8 Å². The van der Waals surface area contributed by atoms with Crippen LogP contribution >= 0.6 is 11.8 Å². The van der Waals surface area contributed by atoms with Gasteiger partial charge in [-0.2, -0.15) is 0 Å². The van der Waals surface area contributed by atoms with Gasteiger partial charge in [0.25, 0.3) is 5.69 Å². The smallest absolute Gasteiger partial charge is 0.334 e. The maximum Gasteiger partial charge on any atom is 0.343 e. The number of nitro benzene ring substituents is 1. The summed E-state index contributed by atoms with van der Waals surface area (Å²) in [5.41, 5.74) is -0.116. The monoisotopic (exact) mass is 369 g/mol. The van der Waals surface area contributed by atoms with Crippen molar-refractivity contribution >= 4 is 34.6 Å². The molecular weight excluding hydrogens is 358 g/mol. The number of benzene rings is 2. The first-order chi connectivity index (χ1) is 12.5. The van der Waals surface area contributed by atoms with Crippen LogP contribution in [0.15, 0.2) is 70.8 Å². The van der Waals surface area contributed by atoms with Crippen molar-refractivity contribution in [3.63, 3.8) is 0 Å². The Labute approximate surface area is 151 Å². The lowest BCUT2D eigenvalue weighted by molar-refractivity contribution is -0.387. The van der Waals surface area contributed by atoms with Gasteiger partial charge in [0, 0.05) is 22.7 Å². The Hall–Kier alpha value is -3.53. The van der Waals surface area contributed by atoms with Crippen molar-refractivity contribution in [2.75, 3.05) is 5.32 Å². The number of nitrogens with one attached hydrogen (secondary N) is 1. The number of non-ortho nitro benzene ring substituents is 1. The molecule has 1 heterocycles. The van der Waals surface area contributed by atoms with Crippen LogP contribution in [0.2, 0.25) is 0 Å². The van der Waals surface area contributed by atoms with E-state index in [0.29, 0.717) is 5.69 Å². The quantitative estimate of drug-likeness (QED) is 0.389. The molecule has 0 unspecified atom stereocenters. The Kier molecular flexibility index (Phi) is 5.04. The molecule has 0 atom stereocenters. The van der Waals surface area contributed by atoms with Crippen molar-refractivity contribution in [1.29, 1.82) is 0 Å². The number of hydrogen-bond donors (Lipinski definition) is 1. The Balaban J connectivity index is 1.97. The van der Waals surface area contributed by atoms with E-state index in [2.05, 4.69) is 15.3 Å². The maximum atomic E-state index is 11.6. The minimum atomic E-state index is -0.578. The van der Waals surface area contributed by atoms with Crippen LogP contribution in [0.5, 0.6) is 0 Å². The lowest BCUT2D eigenvalue weighted by atomic mass is 10.3. The number of hydrogen-bond acceptors (Lipinski definition) is 8. The molecule has 0 aliphatic heterocycles. The first-order valence-electron chi connectivity index (χ1n) is 7.28. The van der Waals surface area contributed by atoms with Gasteiger partial charge in [-0.1, -0.05) is 36.0 Å². The Morgan fingerprint density at radius 1 is 0.923 bits per heavy atom. The van der Waals surface area contributed by atoms with Crippen LogP contribution in [0.4, 0.5) is 22.9 Å². The predicted molar refractivity (Wildman–Crippen MR) is 95.6 cm³/mol. The summed E-state index contributed by atoms with van der Waals surface area (Å²) in [5, 5.41) is 25.4. The van der Waals surface area contributed by atoms with Crippen molar-refractivity contribution in [2.45, 2.75) is 9.92 Å². The molecule has 0 spiro atoms. The van der Waals surface area contributed by atoms with Gasteiger partial charge in [0.2, 0.25) is 5.82 Å². The molecule has 0 fully saturated rings. The molecule has 0 amide bonds. The van der Waals surface area contributed by atoms with Crippen molar-refractivity contribution < 1.29 is 9.85 Å². The fourth-order valence-corrected chi connectivity index (χ4v) is 3.01. The van der Waals surface area contributed by atoms with E-state index in [9.17, 15) is 20.2 Å². The van der Waals surface area contributed by atoms with Gasteiger partial charge in [-0.05, 0) is 18.2 Å². The molecule has 1 aromatic heterocycles. The number of anilines is 2. The molecule has 0 radical (unpaired) electrons. The SMILES string of the molecule is O=[N+]([O-])c1cccc(Nc2ncnc(Sc3ccccc3)c2[N+](=O)[O-])c1. The molecule has 2 aromatic carbocycles. The van der Waals surface area contributed by atoms with Crippen LogP contribution in [0.1, 0.15) is 0 Å². The lowest BCUT2D eigenvalue weighted by Gasteiger charge is -2.08. The van der Waals surface area contributed by atoms with E-state index >= 15 is 0 Å². The second-order valence-electron chi connectivity index (χ2n) is 4.98. The van der Waals surface area contributed by atoms with Crippen molar-refractivity contribution in [3.8, 4) is 0 Å². The van der Waals surface area contributed by atoms with E-state index in [1.807, 2.05) is 30.3 Å². The van der Waals surface area contributed by atoms with E-state index in [1.54, 1.807) is 6.07 Å². The predicted octanol–water partition coefficient (Wildman–Crippen LogP) is 4.19. The van der Waals surface area contributed by atoms with Crippen LogP contribution in [-0.2, 0) is 0 Å². The highest BCUT2D eigenvalue weighted by molar-refractivity contribution is 7.99. The van der Waals surface area contributed by atoms with Crippen molar-refractivity contribution in [2.24, 2.45) is 0 Å². The van der Waals surface area contributed by atoms with E-state index in [4.69, 9.17) is 0 Å². The molecule has 3 rings (SSSR count). The highest BCUT2D eigenvalue weighted by atomic mass is 32.2. The largest absolute Gasteiger partial charge is 0.343 e. The lowest BCUT2D eigenvalue weighted by Crippen LogP contribution is -2.03. The van der Waals surface area contributed by atoms with Crippen LogP contribution in [0.25, 0.3) is 0 Å². The van der Waals surface area contributed by atoms with Gasteiger partial charge in [-0.3, -0.25) is 20.2 Å². The number of nitro groups is 2. The number of nitrogens with zero attached hydrogens (tertiary/aromatic N) is 4. The first kappa shape index (κ1) is 17.3. The summed E-state index contributed by atoms with van der Waals surface area (Å²) in [5.74, 6) is -0.0380. The average Bonchev–Trinajstić information content (AvgIpc) is 2.62. The van der Waals surface area contributed by atoms with Gasteiger partial charge in [-0.15, -0.1) is 0 Å². The van der Waals surface area contributed by atoms with E-state index in [1.165, 1.54) is 24.5 Å². The summed E-state index contributed by atoms with van der Waals surface area (Å²) >= 11 is 1.13. The topological polar surface area (TPSA) is 124 Å². The molecule has 0 aliphatic carbocycles. The van der Waals surface area contributed by atoms with Crippen molar-refractivity contribution in [1.82, 2.24) is 9.97 Å². The zero-order chi connectivity index (χ0) is 18.5. The third-order valence-electron chi connectivity index (χ3n) is 3.25. The minimum absolute atomic E-state index is 0.0380. The van der Waals surface area contributed by atoms with Gasteiger partial charge < -0.3 is 5.32 Å². The summed E-state index contributed by atoms with van der Waals surface area (Å²) in [6.45, 7) is 0. The Bertz CT molecular complexity index is 968. The zero-order valence-corrected chi connectivity index (χ0v) is 13.9. The standard InChI is InChI=1S/C16H11N5O4S/c22-20(23)12-6-4-5-11(9-12)19-15-14(21(24)25)16(18-10-17-15)26-13-7-2-1-3-8-13/h1-10H,(H,17,18,19). The Morgan fingerprint density at radius 3 is 2.38 bits per heavy atom. The number of rotatable bonds is 6. The van der Waals surface area contributed by atoms with Gasteiger partial charge in [-0.25, -0.2) is 9.97 Å². The van der Waals surface area contributed by atoms with Crippen LogP contribution in [0, 0.1) is 20.2 Å². The molecule has 0 bridgehead atoms. The Morgan fingerprint density at radius 2 is 1.69 bits per heavy atom. The number of aromatic nitrogens is 2. The maximum absolute atomic E-state index is 11.6. The molecule has 1 N–H and O–H groups in total. The summed E-state index contributed by atoms with van der Waals surface area (Å²) < 4.78 is 0. The highest BCUT2D eigenvalue weighted by Crippen LogP contribution is 2.37. The van der Waals surface area contributed by atoms with Gasteiger partial charge in [0.15, 0.2) is 5.03 Å². The zero-order valence-electron chi connectivity index (χ0n) is 13.1. The van der Waals surface area contributed by atoms with Gasteiger partial charge in [0.05, 0.1) is 9.85 Å². The van der Waals surface area contributed by atoms with E-state index in [-0.39, 0.29) is 22.2 Å². The van der Waals surface area contributed by atoms with Crippen LogP contribution in [0.3, 0.4) is 0 Å². The minimum Gasteiger partial charge on any atom is -0.334 e. The first-order valence-corrected chi connectivity index (χ1v) is 8.10.